The van der Waals surface area contributed by atoms with Crippen molar-refractivity contribution in [3.05, 3.63) is 6.07 Å². The van der Waals surface area contributed by atoms with Crippen LogP contribution < -0.4 is 10.6 Å². The first-order valence-corrected chi connectivity index (χ1v) is 7.85. The van der Waals surface area contributed by atoms with Crippen LogP contribution in [0, 0.1) is 0 Å². The number of nitrogens with one attached hydrogen (secondary N) is 2. The van der Waals surface area contributed by atoms with E-state index in [1.807, 2.05) is 19.2 Å². The first kappa shape index (κ1) is 16.6. The van der Waals surface area contributed by atoms with Gasteiger partial charge in [-0.05, 0) is 19.6 Å². The largest absolute Gasteiger partial charge is 0.370 e. The molecule has 0 aliphatic rings. The van der Waals surface area contributed by atoms with Crippen molar-refractivity contribution in [2.24, 2.45) is 0 Å². The number of anilines is 2. The van der Waals surface area contributed by atoms with Gasteiger partial charge < -0.3 is 15.5 Å². The standard InChI is InChI=1S/C13H23N5OS/c1-6-7-14-10-8-11(17-13(16-10)20-5)15-9(2)12(19)18(3)4/h8-9H,6-7H2,1-5H3,(H2,14,15,16,17). The zero-order valence-electron chi connectivity index (χ0n) is 12.7. The molecule has 1 amide bonds. The van der Waals surface area contributed by atoms with Gasteiger partial charge in [0.2, 0.25) is 5.91 Å². The molecule has 1 heterocycles. The van der Waals surface area contributed by atoms with Crippen LogP contribution in [-0.4, -0.2) is 53.7 Å². The molecule has 0 fully saturated rings. The van der Waals surface area contributed by atoms with Gasteiger partial charge >= 0.3 is 0 Å². The molecular weight excluding hydrogens is 274 g/mol. The van der Waals surface area contributed by atoms with Crippen LogP contribution in [0.4, 0.5) is 11.6 Å². The quantitative estimate of drug-likeness (QED) is 0.592. The summed E-state index contributed by atoms with van der Waals surface area (Å²) >= 11 is 1.47. The average molecular weight is 297 g/mol. The second-order valence-electron chi connectivity index (χ2n) is 4.65. The zero-order valence-corrected chi connectivity index (χ0v) is 13.5. The van der Waals surface area contributed by atoms with E-state index in [9.17, 15) is 4.79 Å². The summed E-state index contributed by atoms with van der Waals surface area (Å²) in [5.41, 5.74) is 0. The minimum absolute atomic E-state index is 0.0115. The molecule has 1 unspecified atom stereocenters. The van der Waals surface area contributed by atoms with Gasteiger partial charge in [-0.25, -0.2) is 9.97 Å². The first-order valence-electron chi connectivity index (χ1n) is 6.62. The molecule has 0 bridgehead atoms. The number of hydrogen-bond donors (Lipinski definition) is 2. The maximum atomic E-state index is 11.9. The van der Waals surface area contributed by atoms with E-state index in [0.29, 0.717) is 11.0 Å². The van der Waals surface area contributed by atoms with Crippen molar-refractivity contribution in [1.29, 1.82) is 0 Å². The Hall–Kier alpha value is -1.50. The van der Waals surface area contributed by atoms with Gasteiger partial charge in [0.1, 0.15) is 17.7 Å². The van der Waals surface area contributed by atoms with Gasteiger partial charge in [-0.1, -0.05) is 18.7 Å². The van der Waals surface area contributed by atoms with E-state index in [4.69, 9.17) is 0 Å². The topological polar surface area (TPSA) is 70.2 Å². The van der Waals surface area contributed by atoms with E-state index in [1.54, 1.807) is 19.0 Å². The number of carbonyl (C=O) groups excluding carboxylic acids is 1. The van der Waals surface area contributed by atoms with Gasteiger partial charge in [-0.15, -0.1) is 0 Å². The van der Waals surface area contributed by atoms with Gasteiger partial charge in [0, 0.05) is 26.7 Å². The highest BCUT2D eigenvalue weighted by atomic mass is 32.2. The lowest BCUT2D eigenvalue weighted by Crippen LogP contribution is -2.36. The normalized spacial score (nSPS) is 11.8. The molecule has 1 atom stereocenters. The molecule has 0 saturated heterocycles. The van der Waals surface area contributed by atoms with E-state index in [-0.39, 0.29) is 11.9 Å². The molecule has 112 valence electrons. The first-order chi connectivity index (χ1) is 9.47. The summed E-state index contributed by atoms with van der Waals surface area (Å²) in [6.07, 6.45) is 2.95. The molecule has 20 heavy (non-hydrogen) atoms. The lowest BCUT2D eigenvalue weighted by molar-refractivity contribution is -0.129. The van der Waals surface area contributed by atoms with Crippen LogP contribution in [0.3, 0.4) is 0 Å². The fourth-order valence-electron chi connectivity index (χ4n) is 1.60. The summed E-state index contributed by atoms with van der Waals surface area (Å²) in [6, 6.07) is 1.50. The molecule has 0 saturated carbocycles. The van der Waals surface area contributed by atoms with E-state index in [2.05, 4.69) is 27.5 Å². The van der Waals surface area contributed by atoms with Crippen molar-refractivity contribution in [3.63, 3.8) is 0 Å². The molecule has 0 aliphatic heterocycles. The predicted molar refractivity (Wildman–Crippen MR) is 84.4 cm³/mol. The zero-order chi connectivity index (χ0) is 15.1. The van der Waals surface area contributed by atoms with Gasteiger partial charge in [-0.2, -0.15) is 0 Å². The third-order valence-corrected chi connectivity index (χ3v) is 3.17. The van der Waals surface area contributed by atoms with Crippen LogP contribution >= 0.6 is 11.8 Å². The average Bonchev–Trinajstić information content (AvgIpc) is 2.43. The molecule has 0 aromatic carbocycles. The van der Waals surface area contributed by atoms with Crippen molar-refractivity contribution < 1.29 is 4.79 Å². The number of amides is 1. The summed E-state index contributed by atoms with van der Waals surface area (Å²) in [5, 5.41) is 7.03. The van der Waals surface area contributed by atoms with Crippen LogP contribution in [0.1, 0.15) is 20.3 Å². The second kappa shape index (κ2) is 7.94. The SMILES string of the molecule is CCCNc1cc(NC(C)C(=O)N(C)C)nc(SC)n1. The summed E-state index contributed by atoms with van der Waals surface area (Å²) < 4.78 is 0. The second-order valence-corrected chi connectivity index (χ2v) is 5.42. The van der Waals surface area contributed by atoms with Crippen molar-refractivity contribution in [1.82, 2.24) is 14.9 Å². The number of carbonyl (C=O) groups is 1. The van der Waals surface area contributed by atoms with Crippen LogP contribution in [-0.2, 0) is 4.79 Å². The van der Waals surface area contributed by atoms with E-state index in [0.717, 1.165) is 18.8 Å². The Balaban J connectivity index is 2.85. The Morgan fingerprint density at radius 1 is 1.40 bits per heavy atom. The summed E-state index contributed by atoms with van der Waals surface area (Å²) in [5.74, 6) is 1.45. The van der Waals surface area contributed by atoms with Gasteiger partial charge in [0.15, 0.2) is 5.16 Å². The van der Waals surface area contributed by atoms with Crippen LogP contribution in [0.5, 0.6) is 0 Å². The maximum Gasteiger partial charge on any atom is 0.244 e. The predicted octanol–water partition coefficient (Wildman–Crippen LogP) is 1.91. The summed E-state index contributed by atoms with van der Waals surface area (Å²) in [6.45, 7) is 4.78. The minimum Gasteiger partial charge on any atom is -0.370 e. The highest BCUT2D eigenvalue weighted by Gasteiger charge is 2.15. The number of thioether (sulfide) groups is 1. The number of likely N-dealkylation sites (N-methyl/N-ethyl adjacent to an activating group) is 1. The third kappa shape index (κ3) is 4.88. The molecule has 0 spiro atoms. The van der Waals surface area contributed by atoms with Gasteiger partial charge in [-0.3, -0.25) is 4.79 Å². The molecule has 0 radical (unpaired) electrons. The van der Waals surface area contributed by atoms with Crippen LogP contribution in [0.25, 0.3) is 0 Å². The van der Waals surface area contributed by atoms with Crippen LogP contribution in [0.15, 0.2) is 11.2 Å². The highest BCUT2D eigenvalue weighted by molar-refractivity contribution is 7.98. The smallest absolute Gasteiger partial charge is 0.244 e. The number of aromatic nitrogens is 2. The lowest BCUT2D eigenvalue weighted by Gasteiger charge is -2.19. The van der Waals surface area contributed by atoms with Crippen molar-refractivity contribution in [2.45, 2.75) is 31.5 Å². The Morgan fingerprint density at radius 3 is 2.60 bits per heavy atom. The van der Waals surface area contributed by atoms with Crippen molar-refractivity contribution in [2.75, 3.05) is 37.5 Å². The molecule has 2 N–H and O–H groups in total. The molecule has 0 aliphatic carbocycles. The monoisotopic (exact) mass is 297 g/mol. The van der Waals surface area contributed by atoms with Crippen LogP contribution in [0.2, 0.25) is 0 Å². The van der Waals surface area contributed by atoms with Crippen molar-refractivity contribution in [3.8, 4) is 0 Å². The molecule has 1 aromatic heterocycles. The van der Waals surface area contributed by atoms with E-state index >= 15 is 0 Å². The summed E-state index contributed by atoms with van der Waals surface area (Å²) in [4.78, 5) is 22.2. The fraction of sp³-hybridized carbons (Fsp3) is 0.615. The number of nitrogens with zero attached hydrogens (tertiary/aromatic N) is 3. The summed E-state index contributed by atoms with van der Waals surface area (Å²) in [7, 11) is 3.48. The molecule has 6 nitrogen and oxygen atoms in total. The van der Waals surface area contributed by atoms with E-state index < -0.39 is 0 Å². The molecule has 1 rings (SSSR count). The molecular formula is C13H23N5OS. The molecule has 7 heteroatoms. The fourth-order valence-corrected chi connectivity index (χ4v) is 1.98. The Morgan fingerprint density at radius 2 is 2.05 bits per heavy atom. The third-order valence-electron chi connectivity index (χ3n) is 2.62. The highest BCUT2D eigenvalue weighted by Crippen LogP contribution is 2.18. The lowest BCUT2D eigenvalue weighted by atomic mass is 10.3. The Bertz CT molecular complexity index is 452. The number of rotatable bonds is 7. The van der Waals surface area contributed by atoms with Gasteiger partial charge in [0.05, 0.1) is 0 Å². The Kier molecular flexibility index (Phi) is 6.57. The molecule has 1 aromatic rings. The van der Waals surface area contributed by atoms with E-state index in [1.165, 1.54) is 11.8 Å². The van der Waals surface area contributed by atoms with Crippen molar-refractivity contribution >= 4 is 29.3 Å². The Labute approximate surface area is 124 Å². The minimum atomic E-state index is -0.325. The van der Waals surface area contributed by atoms with Gasteiger partial charge in [0.25, 0.3) is 0 Å². The number of hydrogen-bond acceptors (Lipinski definition) is 6. The maximum absolute atomic E-state index is 11.9.